The van der Waals surface area contributed by atoms with Crippen LogP contribution in [0.1, 0.15) is 31.4 Å². The summed E-state index contributed by atoms with van der Waals surface area (Å²) in [4.78, 5) is 65.8. The number of H-pyrrole nitrogens is 1. The van der Waals surface area contributed by atoms with Gasteiger partial charge in [0.05, 0.1) is 12.5 Å². The van der Waals surface area contributed by atoms with Crippen molar-refractivity contribution in [1.82, 2.24) is 20.9 Å². The van der Waals surface area contributed by atoms with E-state index in [1.807, 2.05) is 24.3 Å². The predicted molar refractivity (Wildman–Crippen MR) is 154 cm³/mol. The molecule has 3 rings (SSSR count). The Hall–Kier alpha value is -4.91. The standard InChI is InChI=1S/C29H36N6O7/c1-15(2)25(28(40)34-23(29(41)42)12-17-14-32-21-6-4-3-5-19(17)21)35-27(39)22(11-16-7-9-18(36)10-8-16)33-26(38)20(30)13-24(31)37/h3-10,14-15,20,22-23,25,32,36H,11-13,30H2,1-2H3,(H2,31,37)(H,33,38)(H,34,40)(H,35,39)(H,41,42). The molecule has 4 unspecified atom stereocenters. The molecule has 3 aromatic rings. The molecular formula is C29H36N6O7. The SMILES string of the molecule is CC(C)C(NC(=O)C(Cc1ccc(O)cc1)NC(=O)C(N)CC(N)=O)C(=O)NC(Cc1c[nH]c2ccccc12)C(=O)O. The largest absolute Gasteiger partial charge is 0.508 e. The number of amides is 4. The number of carboxylic acids is 1. The highest BCUT2D eigenvalue weighted by Crippen LogP contribution is 2.19. The Morgan fingerprint density at radius 1 is 0.857 bits per heavy atom. The summed E-state index contributed by atoms with van der Waals surface area (Å²) in [6.07, 6.45) is 1.21. The van der Waals surface area contributed by atoms with Gasteiger partial charge in [0.2, 0.25) is 23.6 Å². The van der Waals surface area contributed by atoms with E-state index >= 15 is 0 Å². The van der Waals surface area contributed by atoms with Gasteiger partial charge in [0.25, 0.3) is 0 Å². The summed E-state index contributed by atoms with van der Waals surface area (Å²) in [5.74, 6) is -4.76. The molecule has 42 heavy (non-hydrogen) atoms. The van der Waals surface area contributed by atoms with Crippen LogP contribution in [0.3, 0.4) is 0 Å². The lowest BCUT2D eigenvalue weighted by molar-refractivity contribution is -0.142. The summed E-state index contributed by atoms with van der Waals surface area (Å²) in [7, 11) is 0. The summed E-state index contributed by atoms with van der Waals surface area (Å²) in [6, 6.07) is 8.34. The Balaban J connectivity index is 1.77. The van der Waals surface area contributed by atoms with Crippen LogP contribution < -0.4 is 27.4 Å². The number of para-hydroxylation sites is 1. The van der Waals surface area contributed by atoms with Crippen molar-refractivity contribution >= 4 is 40.5 Å². The first-order chi connectivity index (χ1) is 19.8. The second kappa shape index (κ2) is 14.1. The van der Waals surface area contributed by atoms with Crippen LogP contribution in [-0.4, -0.2) is 69.0 Å². The minimum absolute atomic E-state index is 0.00113. The molecule has 0 spiro atoms. The van der Waals surface area contributed by atoms with Gasteiger partial charge in [0, 0.05) is 29.9 Å². The fraction of sp³-hybridized carbons (Fsp3) is 0.345. The van der Waals surface area contributed by atoms with Crippen molar-refractivity contribution in [2.45, 2.75) is 57.3 Å². The second-order valence-electron chi connectivity index (χ2n) is 10.4. The van der Waals surface area contributed by atoms with Crippen LogP contribution >= 0.6 is 0 Å². The maximum atomic E-state index is 13.4. The number of phenolic OH excluding ortho intramolecular Hbond substituents is 1. The first kappa shape index (κ1) is 31.6. The number of hydrogen-bond acceptors (Lipinski definition) is 7. The van der Waals surface area contributed by atoms with Gasteiger partial charge in [-0.1, -0.05) is 44.2 Å². The Labute approximate surface area is 242 Å². The van der Waals surface area contributed by atoms with Crippen molar-refractivity contribution in [2.75, 3.05) is 0 Å². The fourth-order valence-electron chi connectivity index (χ4n) is 4.44. The van der Waals surface area contributed by atoms with Gasteiger partial charge >= 0.3 is 5.97 Å². The second-order valence-corrected chi connectivity index (χ2v) is 10.4. The first-order valence-corrected chi connectivity index (χ1v) is 13.4. The topological polar surface area (TPSA) is 230 Å². The zero-order valence-corrected chi connectivity index (χ0v) is 23.3. The van der Waals surface area contributed by atoms with Crippen LogP contribution in [-0.2, 0) is 36.8 Å². The molecule has 4 atom stereocenters. The van der Waals surface area contributed by atoms with E-state index in [0.29, 0.717) is 11.1 Å². The van der Waals surface area contributed by atoms with E-state index in [1.165, 1.54) is 12.1 Å². The van der Waals surface area contributed by atoms with Crippen molar-refractivity contribution in [2.24, 2.45) is 17.4 Å². The molecule has 1 heterocycles. The van der Waals surface area contributed by atoms with E-state index in [2.05, 4.69) is 20.9 Å². The number of aromatic hydroxyl groups is 1. The monoisotopic (exact) mass is 580 g/mol. The molecule has 13 heteroatoms. The molecule has 4 amide bonds. The lowest BCUT2D eigenvalue weighted by Gasteiger charge is -2.27. The molecule has 1 aromatic heterocycles. The summed E-state index contributed by atoms with van der Waals surface area (Å²) in [5, 5.41) is 27.9. The number of primary amides is 1. The van der Waals surface area contributed by atoms with Crippen LogP contribution in [0.25, 0.3) is 10.9 Å². The van der Waals surface area contributed by atoms with E-state index < -0.39 is 66.1 Å². The van der Waals surface area contributed by atoms with Gasteiger partial charge in [-0.2, -0.15) is 0 Å². The Morgan fingerprint density at radius 2 is 1.50 bits per heavy atom. The molecule has 2 aromatic carbocycles. The van der Waals surface area contributed by atoms with Gasteiger partial charge in [-0.3, -0.25) is 19.2 Å². The highest BCUT2D eigenvalue weighted by Gasteiger charge is 2.32. The molecule has 0 fully saturated rings. The Kier molecular flexibility index (Phi) is 10.6. The number of carbonyl (C=O) groups excluding carboxylic acids is 4. The fourth-order valence-corrected chi connectivity index (χ4v) is 4.44. The number of phenols is 1. The Bertz CT molecular complexity index is 1440. The van der Waals surface area contributed by atoms with Crippen molar-refractivity contribution in [3.63, 3.8) is 0 Å². The lowest BCUT2D eigenvalue weighted by Crippen LogP contribution is -2.59. The van der Waals surface area contributed by atoms with Crippen molar-refractivity contribution in [3.8, 4) is 5.75 Å². The van der Waals surface area contributed by atoms with Gasteiger partial charge < -0.3 is 42.6 Å². The average molecular weight is 581 g/mol. The third-order valence-corrected chi connectivity index (χ3v) is 6.73. The summed E-state index contributed by atoms with van der Waals surface area (Å²) < 4.78 is 0. The highest BCUT2D eigenvalue weighted by atomic mass is 16.4. The number of nitrogens with one attached hydrogen (secondary N) is 4. The molecule has 0 radical (unpaired) electrons. The number of aliphatic carboxylic acids is 1. The molecule has 0 aliphatic rings. The zero-order chi connectivity index (χ0) is 31.0. The molecule has 0 aliphatic carbocycles. The van der Waals surface area contributed by atoms with E-state index in [4.69, 9.17) is 11.5 Å². The quantitative estimate of drug-likeness (QED) is 0.130. The van der Waals surface area contributed by atoms with Gasteiger partial charge in [0.1, 0.15) is 23.9 Å². The molecule has 0 aliphatic heterocycles. The van der Waals surface area contributed by atoms with E-state index in [0.717, 1.165) is 10.9 Å². The summed E-state index contributed by atoms with van der Waals surface area (Å²) >= 11 is 0. The van der Waals surface area contributed by atoms with Gasteiger partial charge in [-0.05, 0) is 35.2 Å². The molecule has 0 bridgehead atoms. The molecule has 224 valence electrons. The summed E-state index contributed by atoms with van der Waals surface area (Å²) in [6.45, 7) is 3.35. The number of aromatic amines is 1. The van der Waals surface area contributed by atoms with E-state index in [-0.39, 0.29) is 18.6 Å². The smallest absolute Gasteiger partial charge is 0.326 e. The lowest BCUT2D eigenvalue weighted by atomic mass is 9.99. The number of aromatic nitrogens is 1. The third-order valence-electron chi connectivity index (χ3n) is 6.73. The van der Waals surface area contributed by atoms with Crippen LogP contribution in [0, 0.1) is 5.92 Å². The molecule has 13 nitrogen and oxygen atoms in total. The maximum Gasteiger partial charge on any atom is 0.326 e. The van der Waals surface area contributed by atoms with Crippen LogP contribution in [0.15, 0.2) is 54.7 Å². The number of benzene rings is 2. The van der Waals surface area contributed by atoms with Crippen LogP contribution in [0.5, 0.6) is 5.75 Å². The van der Waals surface area contributed by atoms with Gasteiger partial charge in [-0.25, -0.2) is 4.79 Å². The number of carbonyl (C=O) groups is 5. The molecular weight excluding hydrogens is 544 g/mol. The van der Waals surface area contributed by atoms with Gasteiger partial charge in [0.15, 0.2) is 0 Å². The maximum absolute atomic E-state index is 13.4. The minimum Gasteiger partial charge on any atom is -0.508 e. The van der Waals surface area contributed by atoms with Gasteiger partial charge in [-0.15, -0.1) is 0 Å². The van der Waals surface area contributed by atoms with E-state index in [9.17, 15) is 34.2 Å². The number of nitrogens with two attached hydrogens (primary N) is 2. The molecule has 0 saturated heterocycles. The van der Waals surface area contributed by atoms with Crippen molar-refractivity contribution in [1.29, 1.82) is 0 Å². The number of carboxylic acid groups (broad SMARTS) is 1. The van der Waals surface area contributed by atoms with E-state index in [1.54, 1.807) is 32.2 Å². The van der Waals surface area contributed by atoms with Crippen LogP contribution in [0.4, 0.5) is 0 Å². The minimum atomic E-state index is -1.30. The number of rotatable bonds is 14. The highest BCUT2D eigenvalue weighted by molar-refractivity contribution is 5.95. The molecule has 0 saturated carbocycles. The number of hydrogen-bond donors (Lipinski definition) is 8. The van der Waals surface area contributed by atoms with Crippen molar-refractivity contribution in [3.05, 3.63) is 65.9 Å². The van der Waals surface area contributed by atoms with Crippen LogP contribution in [0.2, 0.25) is 0 Å². The predicted octanol–water partition coefficient (Wildman–Crippen LogP) is 0.0564. The normalized spacial score (nSPS) is 14.0. The first-order valence-electron chi connectivity index (χ1n) is 13.4. The third kappa shape index (κ3) is 8.54. The number of fused-ring (bicyclic) bond motifs is 1. The summed E-state index contributed by atoms with van der Waals surface area (Å²) in [5.41, 5.74) is 13.0. The zero-order valence-electron chi connectivity index (χ0n) is 23.3. The Morgan fingerprint density at radius 3 is 2.12 bits per heavy atom. The van der Waals surface area contributed by atoms with Crippen molar-refractivity contribution < 1.29 is 34.2 Å². The average Bonchev–Trinajstić information content (AvgIpc) is 3.34. The molecule has 10 N–H and O–H groups in total.